The predicted octanol–water partition coefficient (Wildman–Crippen LogP) is 4.15. The van der Waals surface area contributed by atoms with Crippen molar-refractivity contribution in [2.75, 3.05) is 0 Å². The Bertz CT molecular complexity index is 399. The Kier molecular flexibility index (Phi) is 6.44. The number of rotatable bonds is 5. The number of thioether (sulfide) groups is 1. The van der Waals surface area contributed by atoms with Crippen LogP contribution in [0.3, 0.4) is 0 Å². The van der Waals surface area contributed by atoms with E-state index in [0.717, 1.165) is 18.6 Å². The van der Waals surface area contributed by atoms with Crippen molar-refractivity contribution in [2.24, 2.45) is 0 Å². The molecule has 1 atom stereocenters. The van der Waals surface area contributed by atoms with E-state index in [1.54, 1.807) is 11.8 Å². The summed E-state index contributed by atoms with van der Waals surface area (Å²) in [7, 11) is 0. The Balaban J connectivity index is 1.73. The zero-order valence-electron chi connectivity index (χ0n) is 12.3. The number of carbonyl (C=O) groups excluding carboxylic acids is 1. The highest BCUT2D eigenvalue weighted by Gasteiger charge is 2.19. The first kappa shape index (κ1) is 15.4. The number of amides is 1. The van der Waals surface area contributed by atoms with Gasteiger partial charge in [-0.25, -0.2) is 0 Å². The van der Waals surface area contributed by atoms with E-state index in [4.69, 9.17) is 0 Å². The van der Waals surface area contributed by atoms with E-state index in [1.807, 2.05) is 25.1 Å². The van der Waals surface area contributed by atoms with Crippen molar-refractivity contribution in [3.8, 4) is 0 Å². The zero-order valence-corrected chi connectivity index (χ0v) is 13.1. The van der Waals surface area contributed by atoms with Crippen LogP contribution in [0.5, 0.6) is 0 Å². The van der Waals surface area contributed by atoms with Gasteiger partial charge in [0, 0.05) is 11.8 Å². The molecule has 1 saturated carbocycles. The van der Waals surface area contributed by atoms with Gasteiger partial charge in [0.2, 0.25) is 5.91 Å². The van der Waals surface area contributed by atoms with Crippen molar-refractivity contribution in [3.05, 3.63) is 35.9 Å². The first-order chi connectivity index (χ1) is 9.75. The Morgan fingerprint density at radius 1 is 1.20 bits per heavy atom. The fourth-order valence-electron chi connectivity index (χ4n) is 2.61. The molecule has 1 aliphatic carbocycles. The second-order valence-electron chi connectivity index (χ2n) is 5.64. The minimum absolute atomic E-state index is 0.0264. The monoisotopic (exact) mass is 291 g/mol. The summed E-state index contributed by atoms with van der Waals surface area (Å²) >= 11 is 1.72. The molecule has 0 aliphatic heterocycles. The molecule has 0 heterocycles. The number of carbonyl (C=O) groups is 1. The normalized spacial score (nSPS) is 18.2. The lowest BCUT2D eigenvalue weighted by Crippen LogP contribution is -2.39. The zero-order chi connectivity index (χ0) is 14.2. The van der Waals surface area contributed by atoms with Crippen LogP contribution in [0.15, 0.2) is 30.3 Å². The van der Waals surface area contributed by atoms with Gasteiger partial charge in [-0.2, -0.15) is 0 Å². The van der Waals surface area contributed by atoms with E-state index >= 15 is 0 Å². The van der Waals surface area contributed by atoms with Gasteiger partial charge in [0.1, 0.15) is 0 Å². The van der Waals surface area contributed by atoms with Gasteiger partial charge in [0.05, 0.1) is 5.25 Å². The van der Waals surface area contributed by atoms with E-state index < -0.39 is 0 Å². The van der Waals surface area contributed by atoms with E-state index in [9.17, 15) is 4.79 Å². The van der Waals surface area contributed by atoms with E-state index in [2.05, 4.69) is 17.4 Å². The predicted molar refractivity (Wildman–Crippen MR) is 86.8 cm³/mol. The van der Waals surface area contributed by atoms with Crippen molar-refractivity contribution in [2.45, 2.75) is 62.5 Å². The van der Waals surface area contributed by atoms with E-state index in [0.29, 0.717) is 6.04 Å². The quantitative estimate of drug-likeness (QED) is 0.826. The highest BCUT2D eigenvalue weighted by molar-refractivity contribution is 7.99. The van der Waals surface area contributed by atoms with Gasteiger partial charge >= 0.3 is 0 Å². The lowest BCUT2D eigenvalue weighted by atomic mass is 10.1. The van der Waals surface area contributed by atoms with Crippen molar-refractivity contribution < 1.29 is 4.79 Å². The number of nitrogens with one attached hydrogen (secondary N) is 1. The van der Waals surface area contributed by atoms with Crippen LogP contribution < -0.4 is 5.32 Å². The minimum Gasteiger partial charge on any atom is -0.352 e. The molecule has 0 unspecified atom stereocenters. The molecule has 1 N–H and O–H groups in total. The first-order valence-electron chi connectivity index (χ1n) is 7.71. The lowest BCUT2D eigenvalue weighted by molar-refractivity contribution is -0.121. The summed E-state index contributed by atoms with van der Waals surface area (Å²) in [5.41, 5.74) is 1.28. The maximum absolute atomic E-state index is 12.2. The summed E-state index contributed by atoms with van der Waals surface area (Å²) in [6, 6.07) is 10.8. The third kappa shape index (κ3) is 5.20. The standard InChI is InChI=1S/C17H25NOS/c1-14(20-13-15-9-5-4-6-10-15)17(19)18-16-11-7-2-3-8-12-16/h4-6,9-10,14,16H,2-3,7-8,11-13H2,1H3,(H,18,19)/t14-/m1/s1. The third-order valence-corrected chi connectivity index (χ3v) is 5.13. The summed E-state index contributed by atoms with van der Waals surface area (Å²) in [4.78, 5) is 12.2. The van der Waals surface area contributed by atoms with Gasteiger partial charge in [-0.1, -0.05) is 56.0 Å². The van der Waals surface area contributed by atoms with Crippen LogP contribution in [0.2, 0.25) is 0 Å². The number of benzene rings is 1. The highest BCUT2D eigenvalue weighted by Crippen LogP contribution is 2.20. The van der Waals surface area contributed by atoms with Crippen LogP contribution in [0.25, 0.3) is 0 Å². The van der Waals surface area contributed by atoms with Gasteiger partial charge in [-0.05, 0) is 25.3 Å². The molecular weight excluding hydrogens is 266 g/mol. The molecule has 2 rings (SSSR count). The molecule has 1 aromatic carbocycles. The SMILES string of the molecule is C[C@@H](SCc1ccccc1)C(=O)NC1CCCCCC1. The average molecular weight is 291 g/mol. The summed E-state index contributed by atoms with van der Waals surface area (Å²) in [6.07, 6.45) is 7.48. The molecule has 0 aromatic heterocycles. The molecule has 2 nitrogen and oxygen atoms in total. The maximum atomic E-state index is 12.2. The van der Waals surface area contributed by atoms with Crippen LogP contribution in [0.4, 0.5) is 0 Å². The van der Waals surface area contributed by atoms with E-state index in [-0.39, 0.29) is 11.2 Å². The molecular formula is C17H25NOS. The Hall–Kier alpha value is -0.960. The fraction of sp³-hybridized carbons (Fsp3) is 0.588. The average Bonchev–Trinajstić information content (AvgIpc) is 2.74. The molecule has 110 valence electrons. The van der Waals surface area contributed by atoms with Gasteiger partial charge in [-0.15, -0.1) is 11.8 Å². The molecule has 1 fully saturated rings. The molecule has 0 bridgehead atoms. The van der Waals surface area contributed by atoms with Crippen molar-refractivity contribution >= 4 is 17.7 Å². The minimum atomic E-state index is 0.0264. The Labute approximate surface area is 126 Å². The van der Waals surface area contributed by atoms with Crippen LogP contribution in [0.1, 0.15) is 51.0 Å². The first-order valence-corrected chi connectivity index (χ1v) is 8.76. The van der Waals surface area contributed by atoms with Gasteiger partial charge in [0.15, 0.2) is 0 Å². The van der Waals surface area contributed by atoms with Crippen molar-refractivity contribution in [3.63, 3.8) is 0 Å². The molecule has 0 radical (unpaired) electrons. The van der Waals surface area contributed by atoms with Gasteiger partial charge in [0.25, 0.3) is 0 Å². The largest absolute Gasteiger partial charge is 0.352 e. The molecule has 1 aliphatic rings. The Morgan fingerprint density at radius 3 is 2.50 bits per heavy atom. The third-order valence-electron chi connectivity index (χ3n) is 3.91. The summed E-state index contributed by atoms with van der Waals surface area (Å²) in [5, 5.41) is 3.26. The molecule has 20 heavy (non-hydrogen) atoms. The smallest absolute Gasteiger partial charge is 0.233 e. The molecule has 0 spiro atoms. The topological polar surface area (TPSA) is 29.1 Å². The number of hydrogen-bond donors (Lipinski definition) is 1. The summed E-state index contributed by atoms with van der Waals surface area (Å²) in [5.74, 6) is 1.11. The second-order valence-corrected chi connectivity index (χ2v) is 6.97. The molecule has 1 amide bonds. The summed E-state index contributed by atoms with van der Waals surface area (Å²) < 4.78 is 0. The Morgan fingerprint density at radius 2 is 1.85 bits per heavy atom. The number of hydrogen-bond acceptors (Lipinski definition) is 2. The van der Waals surface area contributed by atoms with Crippen molar-refractivity contribution in [1.29, 1.82) is 0 Å². The molecule has 3 heteroatoms. The summed E-state index contributed by atoms with van der Waals surface area (Å²) in [6.45, 7) is 2.01. The van der Waals surface area contributed by atoms with Crippen molar-refractivity contribution in [1.82, 2.24) is 5.32 Å². The fourth-order valence-corrected chi connectivity index (χ4v) is 3.47. The van der Waals surface area contributed by atoms with Crippen LogP contribution >= 0.6 is 11.8 Å². The van der Waals surface area contributed by atoms with Crippen LogP contribution in [0, 0.1) is 0 Å². The van der Waals surface area contributed by atoms with Crippen LogP contribution in [-0.4, -0.2) is 17.2 Å². The highest BCUT2D eigenvalue weighted by atomic mass is 32.2. The van der Waals surface area contributed by atoms with Gasteiger partial charge in [-0.3, -0.25) is 4.79 Å². The molecule has 1 aromatic rings. The van der Waals surface area contributed by atoms with Gasteiger partial charge < -0.3 is 5.32 Å². The van der Waals surface area contributed by atoms with Crippen LogP contribution in [-0.2, 0) is 10.5 Å². The maximum Gasteiger partial charge on any atom is 0.233 e. The second kappa shape index (κ2) is 8.35. The molecule has 0 saturated heterocycles. The lowest BCUT2D eigenvalue weighted by Gasteiger charge is -2.19. The van der Waals surface area contributed by atoms with E-state index in [1.165, 1.54) is 31.2 Å².